The molecule has 130 valence electrons. The Bertz CT molecular complexity index is 652. The molecule has 4 fully saturated rings. The second-order valence-corrected chi connectivity index (χ2v) is 7.78. The molecule has 6 unspecified atom stereocenters. The number of rotatable bonds is 3. The number of anilines is 1. The van der Waals surface area contributed by atoms with Crippen molar-refractivity contribution in [1.29, 1.82) is 0 Å². The average molecular weight is 331 g/mol. The summed E-state index contributed by atoms with van der Waals surface area (Å²) in [4.78, 5) is 2.37. The molecule has 5 aliphatic rings. The van der Waals surface area contributed by atoms with Gasteiger partial charge in [0.2, 0.25) is 0 Å². The van der Waals surface area contributed by atoms with Crippen molar-refractivity contribution in [3.05, 3.63) is 29.8 Å². The van der Waals surface area contributed by atoms with Gasteiger partial charge >= 0.3 is 0 Å². The first-order valence-corrected chi connectivity index (χ1v) is 9.01. The van der Waals surface area contributed by atoms with Crippen molar-refractivity contribution < 1.29 is 19.3 Å². The molecule has 5 nitrogen and oxygen atoms in total. The summed E-state index contributed by atoms with van der Waals surface area (Å²) in [6.07, 6.45) is 0.816. The highest BCUT2D eigenvalue weighted by molar-refractivity contribution is 5.58. The molecule has 1 aromatic rings. The molecule has 4 bridgehead atoms. The fraction of sp³-hybridized carbons (Fsp3) is 0.684. The van der Waals surface area contributed by atoms with E-state index >= 15 is 0 Å². The van der Waals surface area contributed by atoms with E-state index in [2.05, 4.69) is 36.1 Å². The van der Waals surface area contributed by atoms with Gasteiger partial charge in [0.05, 0.1) is 12.6 Å². The fourth-order valence-corrected chi connectivity index (χ4v) is 5.53. The minimum Gasteiger partial charge on any atom is -0.390 e. The first-order valence-electron chi connectivity index (χ1n) is 9.01. The fourth-order valence-electron chi connectivity index (χ4n) is 5.53. The summed E-state index contributed by atoms with van der Waals surface area (Å²) in [7, 11) is 1.70. The number of benzene rings is 1. The molecule has 0 spiro atoms. The van der Waals surface area contributed by atoms with E-state index in [9.17, 15) is 5.11 Å². The van der Waals surface area contributed by atoms with E-state index in [-0.39, 0.29) is 18.5 Å². The standard InChI is InChI=1S/C19H25NO4/c1-11-13-9-15(21)19(16(13)18(22-2)23-17(11)24-19)10-20-8-7-12-5-3-4-6-14(12)20/h3-6,11,13,15-18,21H,7-10H2,1-2H3/t11?,13?,15-,16?,17?,18?,19?/m1/s1. The number of fused-ring (bicyclic) bond motifs is 2. The lowest BCUT2D eigenvalue weighted by atomic mass is 9.73. The van der Waals surface area contributed by atoms with Crippen molar-refractivity contribution in [1.82, 2.24) is 0 Å². The van der Waals surface area contributed by atoms with Gasteiger partial charge in [0.15, 0.2) is 12.6 Å². The first kappa shape index (κ1) is 15.1. The summed E-state index contributed by atoms with van der Waals surface area (Å²) in [6.45, 7) is 3.85. The van der Waals surface area contributed by atoms with E-state index in [4.69, 9.17) is 14.2 Å². The summed E-state index contributed by atoms with van der Waals surface area (Å²) in [5, 5.41) is 10.9. The molecule has 0 amide bonds. The van der Waals surface area contributed by atoms with E-state index < -0.39 is 11.7 Å². The van der Waals surface area contributed by atoms with Crippen LogP contribution in [-0.2, 0) is 20.6 Å². The maximum absolute atomic E-state index is 10.9. The average Bonchev–Trinajstić information content (AvgIpc) is 3.11. The number of para-hydroxylation sites is 1. The van der Waals surface area contributed by atoms with Crippen LogP contribution in [0.4, 0.5) is 5.69 Å². The van der Waals surface area contributed by atoms with Crippen LogP contribution in [0.2, 0.25) is 0 Å². The summed E-state index contributed by atoms with van der Waals surface area (Å²) in [6, 6.07) is 8.54. The molecular formula is C19H25NO4. The monoisotopic (exact) mass is 331 g/mol. The largest absolute Gasteiger partial charge is 0.390 e. The number of aliphatic hydroxyl groups excluding tert-OH is 1. The Morgan fingerprint density at radius 1 is 1.38 bits per heavy atom. The minimum absolute atomic E-state index is 0.0882. The molecule has 24 heavy (non-hydrogen) atoms. The van der Waals surface area contributed by atoms with E-state index in [0.29, 0.717) is 18.4 Å². The van der Waals surface area contributed by atoms with Gasteiger partial charge in [0.25, 0.3) is 0 Å². The molecule has 1 aromatic carbocycles. The van der Waals surface area contributed by atoms with Gasteiger partial charge in [-0.1, -0.05) is 25.1 Å². The maximum atomic E-state index is 10.9. The zero-order valence-electron chi connectivity index (χ0n) is 14.2. The summed E-state index contributed by atoms with van der Waals surface area (Å²) >= 11 is 0. The van der Waals surface area contributed by atoms with Gasteiger partial charge in [-0.25, -0.2) is 0 Å². The number of ether oxygens (including phenoxy) is 3. The zero-order valence-corrected chi connectivity index (χ0v) is 14.2. The highest BCUT2D eigenvalue weighted by atomic mass is 16.8. The lowest BCUT2D eigenvalue weighted by molar-refractivity contribution is -0.406. The highest BCUT2D eigenvalue weighted by Crippen LogP contribution is 2.59. The number of aliphatic hydroxyl groups is 1. The van der Waals surface area contributed by atoms with Crippen molar-refractivity contribution in [3.8, 4) is 0 Å². The van der Waals surface area contributed by atoms with Crippen molar-refractivity contribution >= 4 is 5.69 Å². The maximum Gasteiger partial charge on any atom is 0.166 e. The molecule has 1 N–H and O–H groups in total. The molecule has 4 aliphatic heterocycles. The van der Waals surface area contributed by atoms with Crippen molar-refractivity contribution in [3.63, 3.8) is 0 Å². The third-order valence-electron chi connectivity index (χ3n) is 6.74. The summed E-state index contributed by atoms with van der Waals surface area (Å²) in [5.74, 6) is 0.790. The van der Waals surface area contributed by atoms with Crippen molar-refractivity contribution in [2.24, 2.45) is 17.8 Å². The van der Waals surface area contributed by atoms with Crippen LogP contribution < -0.4 is 4.90 Å². The Morgan fingerprint density at radius 3 is 3.04 bits per heavy atom. The number of hydrogen-bond donors (Lipinski definition) is 1. The molecule has 1 aliphatic carbocycles. The lowest BCUT2D eigenvalue weighted by Gasteiger charge is -2.56. The Hall–Kier alpha value is -1.14. The predicted molar refractivity (Wildman–Crippen MR) is 88.6 cm³/mol. The molecule has 0 radical (unpaired) electrons. The number of methoxy groups -OCH3 is 1. The SMILES string of the molecule is COC1OC2OC3(CN4CCc5ccccc54)C1C(C[C@H]3O)C2C. The van der Waals surface area contributed by atoms with Gasteiger partial charge in [0.1, 0.15) is 5.60 Å². The van der Waals surface area contributed by atoms with Crippen LogP contribution in [-0.4, -0.2) is 49.6 Å². The third kappa shape index (κ3) is 1.84. The molecule has 4 heterocycles. The van der Waals surface area contributed by atoms with E-state index in [1.54, 1.807) is 7.11 Å². The molecule has 0 aromatic heterocycles. The Balaban J connectivity index is 1.50. The molecule has 7 atom stereocenters. The van der Waals surface area contributed by atoms with Crippen LogP contribution in [0.1, 0.15) is 18.9 Å². The summed E-state index contributed by atoms with van der Waals surface area (Å²) < 4.78 is 18.0. The Kier molecular flexibility index (Phi) is 3.27. The minimum atomic E-state index is -0.585. The van der Waals surface area contributed by atoms with Gasteiger partial charge in [-0.3, -0.25) is 0 Å². The first-order chi connectivity index (χ1) is 11.6. The smallest absolute Gasteiger partial charge is 0.166 e. The predicted octanol–water partition coefficient (Wildman–Crippen LogP) is 1.78. The van der Waals surface area contributed by atoms with Crippen LogP contribution >= 0.6 is 0 Å². The second-order valence-electron chi connectivity index (χ2n) is 7.78. The third-order valence-corrected chi connectivity index (χ3v) is 6.74. The van der Waals surface area contributed by atoms with Crippen molar-refractivity contribution in [2.75, 3.05) is 25.1 Å². The van der Waals surface area contributed by atoms with Crippen LogP contribution in [0.3, 0.4) is 0 Å². The van der Waals surface area contributed by atoms with E-state index in [1.165, 1.54) is 11.3 Å². The van der Waals surface area contributed by atoms with Crippen LogP contribution in [0.5, 0.6) is 0 Å². The van der Waals surface area contributed by atoms with E-state index in [0.717, 1.165) is 19.4 Å². The Morgan fingerprint density at radius 2 is 2.21 bits per heavy atom. The number of nitrogens with zero attached hydrogens (tertiary/aromatic N) is 1. The van der Waals surface area contributed by atoms with Gasteiger partial charge in [-0.15, -0.1) is 0 Å². The van der Waals surface area contributed by atoms with Gasteiger partial charge in [-0.2, -0.15) is 0 Å². The molecule has 6 rings (SSSR count). The normalized spacial score (nSPS) is 45.7. The van der Waals surface area contributed by atoms with Crippen LogP contribution in [0.25, 0.3) is 0 Å². The summed E-state index contributed by atoms with van der Waals surface area (Å²) in [5.41, 5.74) is 2.07. The van der Waals surface area contributed by atoms with Crippen LogP contribution in [0, 0.1) is 17.8 Å². The Labute approximate surface area is 142 Å². The second kappa shape index (κ2) is 5.18. The lowest BCUT2D eigenvalue weighted by Crippen LogP contribution is -2.68. The van der Waals surface area contributed by atoms with Crippen LogP contribution in [0.15, 0.2) is 24.3 Å². The highest BCUT2D eigenvalue weighted by Gasteiger charge is 2.69. The van der Waals surface area contributed by atoms with Crippen molar-refractivity contribution in [2.45, 2.75) is 44.1 Å². The molecule has 1 saturated carbocycles. The number of hydrogen-bond acceptors (Lipinski definition) is 5. The van der Waals surface area contributed by atoms with Gasteiger partial charge < -0.3 is 24.2 Å². The topological polar surface area (TPSA) is 51.2 Å². The van der Waals surface area contributed by atoms with E-state index in [1.807, 2.05) is 0 Å². The van der Waals surface area contributed by atoms with Gasteiger partial charge in [-0.05, 0) is 30.4 Å². The molecule has 3 saturated heterocycles. The quantitative estimate of drug-likeness (QED) is 0.915. The molecular weight excluding hydrogens is 306 g/mol. The molecule has 5 heteroatoms. The zero-order chi connectivity index (χ0) is 16.5. The van der Waals surface area contributed by atoms with Gasteiger partial charge in [0, 0.05) is 31.2 Å².